The first-order chi connectivity index (χ1) is 17.5. The third-order valence-corrected chi connectivity index (χ3v) is 6.69. The zero-order valence-corrected chi connectivity index (χ0v) is 19.9. The van der Waals surface area contributed by atoms with E-state index in [0.717, 1.165) is 31.1 Å². The number of nitrogens with one attached hydrogen (secondary N) is 2. The fourth-order valence-corrected chi connectivity index (χ4v) is 4.76. The summed E-state index contributed by atoms with van der Waals surface area (Å²) in [6.07, 6.45) is 8.83. The predicted octanol–water partition coefficient (Wildman–Crippen LogP) is 4.12. The van der Waals surface area contributed by atoms with Crippen molar-refractivity contribution < 1.29 is 14.3 Å². The molecule has 0 aliphatic heterocycles. The largest absolute Gasteiger partial charge is 0.480 e. The van der Waals surface area contributed by atoms with Crippen molar-refractivity contribution in [2.45, 2.75) is 37.8 Å². The standard InChI is InChI=1S/C26H28FN7O2/c1-28-18-4-6-19(7-5-18)33(16-26(35)36)25-10-3-17-15-29-24(14-23(17)32-25)31-22-9-8-20(13-21(22)27)34-12-2-11-30-34/h2-3,8-15,18-19,28H,4-7,16H2,1H3,(H,29,31)(H,35,36)/t18-,19+. The first-order valence-electron chi connectivity index (χ1n) is 12.0. The molecular formula is C26H28FN7O2. The fourth-order valence-electron chi connectivity index (χ4n) is 4.76. The number of halogens is 1. The van der Waals surface area contributed by atoms with Gasteiger partial charge in [0, 0.05) is 48.2 Å². The molecule has 3 N–H and O–H groups in total. The number of aliphatic carboxylic acids is 1. The smallest absolute Gasteiger partial charge is 0.323 e. The fraction of sp³-hybridized carbons (Fsp3) is 0.308. The summed E-state index contributed by atoms with van der Waals surface area (Å²) in [6, 6.07) is 12.6. The maximum Gasteiger partial charge on any atom is 0.323 e. The lowest BCUT2D eigenvalue weighted by Gasteiger charge is -2.36. The molecule has 0 saturated heterocycles. The average molecular weight is 490 g/mol. The summed E-state index contributed by atoms with van der Waals surface area (Å²) in [5.74, 6) is -0.267. The number of fused-ring (bicyclic) bond motifs is 1. The summed E-state index contributed by atoms with van der Waals surface area (Å²) in [4.78, 5) is 22.7. The molecule has 3 heterocycles. The van der Waals surface area contributed by atoms with Gasteiger partial charge in [-0.2, -0.15) is 5.10 Å². The lowest BCUT2D eigenvalue weighted by atomic mass is 9.90. The Morgan fingerprint density at radius 1 is 1.19 bits per heavy atom. The Labute approximate surface area is 208 Å². The second kappa shape index (κ2) is 10.3. The van der Waals surface area contributed by atoms with Gasteiger partial charge < -0.3 is 20.6 Å². The normalized spacial score (nSPS) is 17.7. The van der Waals surface area contributed by atoms with Crippen molar-refractivity contribution in [3.8, 4) is 5.69 Å². The summed E-state index contributed by atoms with van der Waals surface area (Å²) >= 11 is 0. The number of hydrogen-bond acceptors (Lipinski definition) is 7. The number of carboxylic acid groups (broad SMARTS) is 1. The van der Waals surface area contributed by atoms with Crippen molar-refractivity contribution in [3.05, 3.63) is 66.9 Å². The molecule has 10 heteroatoms. The molecule has 1 saturated carbocycles. The molecule has 3 aromatic heterocycles. The molecule has 0 radical (unpaired) electrons. The molecule has 0 amide bonds. The van der Waals surface area contributed by atoms with E-state index in [1.54, 1.807) is 47.5 Å². The maximum absolute atomic E-state index is 14.8. The molecule has 0 spiro atoms. The van der Waals surface area contributed by atoms with Crippen LogP contribution in [0.15, 0.2) is 61.1 Å². The van der Waals surface area contributed by atoms with Crippen LogP contribution >= 0.6 is 0 Å². The van der Waals surface area contributed by atoms with E-state index in [1.165, 1.54) is 6.07 Å². The molecule has 36 heavy (non-hydrogen) atoms. The Bertz CT molecular complexity index is 1350. The Kier molecular flexibility index (Phi) is 6.77. The second-order valence-electron chi connectivity index (χ2n) is 8.99. The van der Waals surface area contributed by atoms with Crippen LogP contribution in [0.3, 0.4) is 0 Å². The van der Waals surface area contributed by atoms with Gasteiger partial charge in [-0.15, -0.1) is 0 Å². The zero-order chi connectivity index (χ0) is 25.1. The van der Waals surface area contributed by atoms with E-state index in [1.807, 2.05) is 24.1 Å². The number of carbonyl (C=O) groups is 1. The third kappa shape index (κ3) is 5.13. The van der Waals surface area contributed by atoms with E-state index in [2.05, 4.69) is 20.7 Å². The lowest BCUT2D eigenvalue weighted by molar-refractivity contribution is -0.135. The van der Waals surface area contributed by atoms with Crippen molar-refractivity contribution in [2.24, 2.45) is 0 Å². The molecule has 1 aromatic carbocycles. The van der Waals surface area contributed by atoms with Gasteiger partial charge in [0.15, 0.2) is 0 Å². The highest BCUT2D eigenvalue weighted by atomic mass is 19.1. The number of pyridine rings is 2. The summed E-state index contributed by atoms with van der Waals surface area (Å²) in [5.41, 5.74) is 1.55. The molecule has 186 valence electrons. The highest BCUT2D eigenvalue weighted by molar-refractivity contribution is 5.83. The number of benzene rings is 1. The average Bonchev–Trinajstić information content (AvgIpc) is 3.43. The number of aromatic nitrogens is 4. The number of carboxylic acids is 1. The van der Waals surface area contributed by atoms with E-state index in [-0.39, 0.29) is 18.3 Å². The van der Waals surface area contributed by atoms with Gasteiger partial charge >= 0.3 is 5.97 Å². The summed E-state index contributed by atoms with van der Waals surface area (Å²) in [5, 5.41) is 20.8. The quantitative estimate of drug-likeness (QED) is 0.339. The molecule has 0 bridgehead atoms. The first kappa shape index (κ1) is 23.7. The van der Waals surface area contributed by atoms with Crippen LogP contribution in [0.1, 0.15) is 25.7 Å². The van der Waals surface area contributed by atoms with Gasteiger partial charge in [0.2, 0.25) is 0 Å². The topological polar surface area (TPSA) is 108 Å². The number of nitrogens with zero attached hydrogens (tertiary/aromatic N) is 5. The minimum atomic E-state index is -0.890. The van der Waals surface area contributed by atoms with E-state index in [4.69, 9.17) is 4.98 Å². The molecule has 9 nitrogen and oxygen atoms in total. The van der Waals surface area contributed by atoms with Crippen molar-refractivity contribution in [1.29, 1.82) is 0 Å². The van der Waals surface area contributed by atoms with Crippen molar-refractivity contribution in [2.75, 3.05) is 23.8 Å². The van der Waals surface area contributed by atoms with Gasteiger partial charge in [0.25, 0.3) is 0 Å². The van der Waals surface area contributed by atoms with Gasteiger partial charge in [-0.25, -0.2) is 19.0 Å². The van der Waals surface area contributed by atoms with Crippen LogP contribution in [0.25, 0.3) is 16.6 Å². The molecule has 1 aliphatic carbocycles. The minimum Gasteiger partial charge on any atom is -0.480 e. The summed E-state index contributed by atoms with van der Waals surface area (Å²) in [6.45, 7) is -0.114. The summed E-state index contributed by atoms with van der Waals surface area (Å²) < 4.78 is 16.4. The molecule has 4 aromatic rings. The lowest BCUT2D eigenvalue weighted by Crippen LogP contribution is -2.44. The van der Waals surface area contributed by atoms with Crippen LogP contribution in [0.2, 0.25) is 0 Å². The molecule has 0 atom stereocenters. The Balaban J connectivity index is 1.39. The van der Waals surface area contributed by atoms with Gasteiger partial charge in [-0.05, 0) is 63.1 Å². The monoisotopic (exact) mass is 489 g/mol. The van der Waals surface area contributed by atoms with E-state index >= 15 is 0 Å². The van der Waals surface area contributed by atoms with Crippen LogP contribution < -0.4 is 15.5 Å². The SMILES string of the molecule is CN[C@H]1CC[C@@H](N(CC(=O)O)c2ccc3cnc(Nc4ccc(-n5cccn5)cc4F)cc3n2)CC1. The Hall–Kier alpha value is -4.05. The first-order valence-corrected chi connectivity index (χ1v) is 12.0. The van der Waals surface area contributed by atoms with Gasteiger partial charge in [-0.1, -0.05) is 0 Å². The van der Waals surface area contributed by atoms with Crippen LogP contribution in [0.4, 0.5) is 21.7 Å². The van der Waals surface area contributed by atoms with Gasteiger partial charge in [-0.3, -0.25) is 4.79 Å². The van der Waals surface area contributed by atoms with Crippen LogP contribution in [-0.4, -0.2) is 56.5 Å². The highest BCUT2D eigenvalue weighted by Crippen LogP contribution is 2.29. The van der Waals surface area contributed by atoms with E-state index in [0.29, 0.717) is 28.9 Å². The van der Waals surface area contributed by atoms with Crippen molar-refractivity contribution >= 4 is 34.2 Å². The van der Waals surface area contributed by atoms with Gasteiger partial charge in [0.1, 0.15) is 24.0 Å². The zero-order valence-electron chi connectivity index (χ0n) is 19.9. The van der Waals surface area contributed by atoms with Crippen molar-refractivity contribution in [3.63, 3.8) is 0 Å². The predicted molar refractivity (Wildman–Crippen MR) is 136 cm³/mol. The molecule has 1 aliphatic rings. The number of anilines is 3. The van der Waals surface area contributed by atoms with Crippen LogP contribution in [0.5, 0.6) is 0 Å². The van der Waals surface area contributed by atoms with E-state index < -0.39 is 11.8 Å². The maximum atomic E-state index is 14.8. The minimum absolute atomic E-state index is 0.109. The summed E-state index contributed by atoms with van der Waals surface area (Å²) in [7, 11) is 1.96. The second-order valence-corrected chi connectivity index (χ2v) is 8.99. The molecule has 0 unspecified atom stereocenters. The number of rotatable bonds is 8. The van der Waals surface area contributed by atoms with Crippen molar-refractivity contribution in [1.82, 2.24) is 25.1 Å². The Morgan fingerprint density at radius 2 is 2.03 bits per heavy atom. The molecule has 1 fully saturated rings. The molecule has 5 rings (SSSR count). The third-order valence-electron chi connectivity index (χ3n) is 6.69. The highest BCUT2D eigenvalue weighted by Gasteiger charge is 2.27. The van der Waals surface area contributed by atoms with Crippen LogP contribution in [0, 0.1) is 5.82 Å². The van der Waals surface area contributed by atoms with E-state index in [9.17, 15) is 14.3 Å². The number of hydrogen-bond donors (Lipinski definition) is 3. The molecular weight excluding hydrogens is 461 g/mol. The Morgan fingerprint density at radius 3 is 2.72 bits per heavy atom. The van der Waals surface area contributed by atoms with Crippen LogP contribution in [-0.2, 0) is 4.79 Å². The van der Waals surface area contributed by atoms with Gasteiger partial charge in [0.05, 0.1) is 16.9 Å².